The number of aliphatic hydroxyl groups excluding tert-OH is 2. The van der Waals surface area contributed by atoms with Gasteiger partial charge >= 0.3 is 0 Å². The molecule has 0 amide bonds. The van der Waals surface area contributed by atoms with E-state index in [0.717, 1.165) is 5.70 Å². The molecule has 0 radical (unpaired) electrons. The minimum absolute atomic E-state index is 0.0146. The van der Waals surface area contributed by atoms with Crippen molar-refractivity contribution in [2.45, 2.75) is 54.4 Å². The topological polar surface area (TPSA) is 66.5 Å². The second-order valence-electron chi connectivity index (χ2n) is 8.32. The molecular formula is C18H33NO2. The van der Waals surface area contributed by atoms with Gasteiger partial charge in [-0.05, 0) is 35.3 Å². The third kappa shape index (κ3) is 3.51. The molecule has 3 nitrogen and oxygen atoms in total. The summed E-state index contributed by atoms with van der Waals surface area (Å²) < 4.78 is 0. The van der Waals surface area contributed by atoms with Crippen LogP contribution in [-0.2, 0) is 0 Å². The lowest BCUT2D eigenvalue weighted by atomic mass is 9.53. The van der Waals surface area contributed by atoms with Crippen LogP contribution < -0.4 is 5.73 Å². The summed E-state index contributed by atoms with van der Waals surface area (Å²) in [5.74, 6) is 0.0701. The summed E-state index contributed by atoms with van der Waals surface area (Å²) in [4.78, 5) is 0. The van der Waals surface area contributed by atoms with Gasteiger partial charge in [0.1, 0.15) is 0 Å². The Hall–Kier alpha value is -0.800. The molecule has 0 aromatic carbocycles. The largest absolute Gasteiger partial charge is 0.402 e. The van der Waals surface area contributed by atoms with Crippen molar-refractivity contribution in [3.63, 3.8) is 0 Å². The third-order valence-electron chi connectivity index (χ3n) is 4.97. The fourth-order valence-corrected chi connectivity index (χ4v) is 3.53. The van der Waals surface area contributed by atoms with E-state index in [0.29, 0.717) is 12.8 Å². The second-order valence-corrected chi connectivity index (χ2v) is 8.32. The first-order chi connectivity index (χ1) is 9.49. The van der Waals surface area contributed by atoms with Gasteiger partial charge in [-0.15, -0.1) is 0 Å². The molecule has 0 spiro atoms. The number of allylic oxidation sites excluding steroid dienone is 4. The van der Waals surface area contributed by atoms with Crippen molar-refractivity contribution < 1.29 is 10.2 Å². The van der Waals surface area contributed by atoms with Crippen molar-refractivity contribution in [1.82, 2.24) is 0 Å². The molecule has 0 aromatic rings. The van der Waals surface area contributed by atoms with Crippen LogP contribution in [0, 0.1) is 22.2 Å². The molecule has 0 bridgehead atoms. The summed E-state index contributed by atoms with van der Waals surface area (Å²) in [5, 5.41) is 19.1. The molecule has 2 unspecified atom stereocenters. The van der Waals surface area contributed by atoms with Crippen LogP contribution in [0.25, 0.3) is 0 Å². The number of hydrogen-bond acceptors (Lipinski definition) is 3. The van der Waals surface area contributed by atoms with Crippen molar-refractivity contribution in [2.24, 2.45) is 27.9 Å². The van der Waals surface area contributed by atoms with Gasteiger partial charge in [-0.25, -0.2) is 0 Å². The van der Waals surface area contributed by atoms with Crippen molar-refractivity contribution >= 4 is 0 Å². The minimum atomic E-state index is -0.230. The van der Waals surface area contributed by atoms with E-state index in [9.17, 15) is 10.2 Å². The first-order valence-corrected chi connectivity index (χ1v) is 7.91. The first-order valence-electron chi connectivity index (χ1n) is 7.91. The van der Waals surface area contributed by atoms with Gasteiger partial charge in [-0.3, -0.25) is 0 Å². The predicted octanol–water partition coefficient (Wildman–Crippen LogP) is 3.23. The van der Waals surface area contributed by atoms with E-state index >= 15 is 0 Å². The van der Waals surface area contributed by atoms with E-state index < -0.39 is 0 Å². The maximum atomic E-state index is 9.66. The van der Waals surface area contributed by atoms with Crippen LogP contribution in [0.15, 0.2) is 23.4 Å². The molecule has 122 valence electrons. The molecular weight excluding hydrogens is 262 g/mol. The third-order valence-corrected chi connectivity index (χ3v) is 4.97. The summed E-state index contributed by atoms with van der Waals surface area (Å²) in [5.41, 5.74) is 8.17. The molecule has 0 saturated carbocycles. The first kappa shape index (κ1) is 18.2. The summed E-state index contributed by atoms with van der Waals surface area (Å²) in [6.45, 7) is 13.4. The Morgan fingerprint density at radius 3 is 2.05 bits per heavy atom. The Kier molecular flexibility index (Phi) is 5.33. The van der Waals surface area contributed by atoms with Crippen LogP contribution in [0.2, 0.25) is 0 Å². The molecule has 1 aliphatic carbocycles. The fourth-order valence-electron chi connectivity index (χ4n) is 3.53. The van der Waals surface area contributed by atoms with Crippen molar-refractivity contribution in [1.29, 1.82) is 0 Å². The van der Waals surface area contributed by atoms with Gasteiger partial charge in [0.15, 0.2) is 0 Å². The van der Waals surface area contributed by atoms with E-state index in [2.05, 4.69) is 53.7 Å². The lowest BCUT2D eigenvalue weighted by Crippen LogP contribution is -2.46. The smallest absolute Gasteiger partial charge is 0.0439 e. The van der Waals surface area contributed by atoms with Crippen LogP contribution in [0.4, 0.5) is 0 Å². The minimum Gasteiger partial charge on any atom is -0.402 e. The summed E-state index contributed by atoms with van der Waals surface area (Å²) >= 11 is 0. The van der Waals surface area contributed by atoms with Crippen LogP contribution in [0.5, 0.6) is 0 Å². The molecule has 2 atom stereocenters. The van der Waals surface area contributed by atoms with Crippen LogP contribution >= 0.6 is 0 Å². The highest BCUT2D eigenvalue weighted by molar-refractivity contribution is 5.38. The summed E-state index contributed by atoms with van der Waals surface area (Å²) in [7, 11) is 0. The number of aliphatic hydroxyl groups is 2. The van der Waals surface area contributed by atoms with E-state index in [4.69, 9.17) is 5.73 Å². The molecule has 0 saturated heterocycles. The zero-order valence-corrected chi connectivity index (χ0v) is 14.5. The number of rotatable bonds is 4. The maximum absolute atomic E-state index is 9.66. The van der Waals surface area contributed by atoms with Crippen molar-refractivity contribution in [2.75, 3.05) is 13.2 Å². The normalized spacial score (nSPS) is 27.3. The van der Waals surface area contributed by atoms with Gasteiger partial charge in [-0.1, -0.05) is 47.6 Å². The van der Waals surface area contributed by atoms with Crippen LogP contribution in [0.1, 0.15) is 54.4 Å². The monoisotopic (exact) mass is 295 g/mol. The molecule has 21 heavy (non-hydrogen) atoms. The van der Waals surface area contributed by atoms with Gasteiger partial charge in [0, 0.05) is 30.2 Å². The fraction of sp³-hybridized carbons (Fsp3) is 0.778. The average molecular weight is 295 g/mol. The molecule has 0 heterocycles. The molecule has 3 heteroatoms. The van der Waals surface area contributed by atoms with Crippen LogP contribution in [0.3, 0.4) is 0 Å². The highest BCUT2D eigenvalue weighted by atomic mass is 16.3. The molecule has 1 rings (SSSR count). The van der Waals surface area contributed by atoms with E-state index in [1.54, 1.807) is 0 Å². The Morgan fingerprint density at radius 1 is 1.10 bits per heavy atom. The molecule has 1 aliphatic rings. The number of nitrogens with two attached hydrogens (primary N) is 1. The van der Waals surface area contributed by atoms with Gasteiger partial charge in [0.2, 0.25) is 0 Å². The Balaban J connectivity index is 3.50. The Bertz CT molecular complexity index is 423. The van der Waals surface area contributed by atoms with Gasteiger partial charge < -0.3 is 15.9 Å². The zero-order valence-electron chi connectivity index (χ0n) is 14.5. The molecule has 0 fully saturated rings. The van der Waals surface area contributed by atoms with E-state index in [1.165, 1.54) is 5.57 Å². The average Bonchev–Trinajstić information content (AvgIpc) is 2.30. The molecule has 4 N–H and O–H groups in total. The van der Waals surface area contributed by atoms with Crippen LogP contribution in [-0.4, -0.2) is 23.4 Å². The number of hydrogen-bond donors (Lipinski definition) is 3. The van der Waals surface area contributed by atoms with Gasteiger partial charge in [-0.2, -0.15) is 0 Å². The van der Waals surface area contributed by atoms with Gasteiger partial charge in [0.05, 0.1) is 0 Å². The summed E-state index contributed by atoms with van der Waals surface area (Å²) in [6.07, 6.45) is 5.68. The standard InChI is InChI=1S/C18H33NO2/c1-16(2,3)13-11-15(19)14(7-9-20)18(12-13,8-10-21)17(4,5)6/h11-12,14,20-21H,7-10,19H2,1-6H3. The lowest BCUT2D eigenvalue weighted by molar-refractivity contribution is 0.0369. The van der Waals surface area contributed by atoms with Crippen molar-refractivity contribution in [3.8, 4) is 0 Å². The highest BCUT2D eigenvalue weighted by Crippen LogP contribution is 2.55. The van der Waals surface area contributed by atoms with E-state index in [-0.39, 0.29) is 35.4 Å². The molecule has 0 aromatic heterocycles. The Labute approximate surface area is 129 Å². The predicted molar refractivity (Wildman–Crippen MR) is 88.6 cm³/mol. The van der Waals surface area contributed by atoms with E-state index in [1.807, 2.05) is 0 Å². The summed E-state index contributed by atoms with van der Waals surface area (Å²) in [6, 6.07) is 0. The SMILES string of the molecule is CC(C)(C)C1=CC(CCO)(C(C)(C)C)C(CCO)C(N)=C1. The highest BCUT2D eigenvalue weighted by Gasteiger charge is 2.48. The lowest BCUT2D eigenvalue weighted by Gasteiger charge is -2.51. The maximum Gasteiger partial charge on any atom is 0.0439 e. The molecule has 0 aliphatic heterocycles. The quantitative estimate of drug-likeness (QED) is 0.746. The second kappa shape index (κ2) is 6.13. The van der Waals surface area contributed by atoms with Crippen molar-refractivity contribution in [3.05, 3.63) is 23.4 Å². The zero-order chi connectivity index (χ0) is 16.5. The Morgan fingerprint density at radius 2 is 1.67 bits per heavy atom. The van der Waals surface area contributed by atoms with Gasteiger partial charge in [0.25, 0.3) is 0 Å².